The van der Waals surface area contributed by atoms with Crippen LogP contribution in [-0.4, -0.2) is 24.1 Å². The molecule has 3 rings (SSSR count). The van der Waals surface area contributed by atoms with Crippen molar-refractivity contribution in [1.82, 2.24) is 4.98 Å². The van der Waals surface area contributed by atoms with Crippen LogP contribution in [0.5, 0.6) is 11.5 Å². The first-order valence-corrected chi connectivity index (χ1v) is 7.23. The van der Waals surface area contributed by atoms with Crippen LogP contribution in [0.1, 0.15) is 16.8 Å². The Balaban J connectivity index is 1.74. The first kappa shape index (κ1) is 14.4. The van der Waals surface area contributed by atoms with Gasteiger partial charge in [0.1, 0.15) is 13.2 Å². The number of fused-ring (bicyclic) bond motifs is 1. The molecule has 5 heteroatoms. The Hall–Kier alpha value is -2.56. The van der Waals surface area contributed by atoms with Crippen LogP contribution in [-0.2, 0) is 11.2 Å². The van der Waals surface area contributed by atoms with E-state index in [4.69, 9.17) is 9.47 Å². The molecule has 114 valence electrons. The number of ether oxygens (including phenoxy) is 2. The van der Waals surface area contributed by atoms with Crippen molar-refractivity contribution in [1.29, 1.82) is 0 Å². The molecule has 0 fully saturated rings. The smallest absolute Gasteiger partial charge is 0.228 e. The van der Waals surface area contributed by atoms with Gasteiger partial charge in [0, 0.05) is 17.6 Å². The van der Waals surface area contributed by atoms with Gasteiger partial charge >= 0.3 is 0 Å². The number of aromatic nitrogens is 1. The average molecular weight is 298 g/mol. The van der Waals surface area contributed by atoms with E-state index in [2.05, 4.69) is 10.3 Å². The Kier molecular flexibility index (Phi) is 3.96. The summed E-state index contributed by atoms with van der Waals surface area (Å²) in [7, 11) is 0. The van der Waals surface area contributed by atoms with Crippen LogP contribution in [0.4, 0.5) is 5.69 Å². The number of carbonyl (C=O) groups is 1. The van der Waals surface area contributed by atoms with Crippen molar-refractivity contribution in [3.05, 3.63) is 47.3 Å². The number of nitrogens with one attached hydrogen (secondary N) is 1. The molecule has 0 unspecified atom stereocenters. The van der Waals surface area contributed by atoms with Crippen molar-refractivity contribution in [3.8, 4) is 11.5 Å². The van der Waals surface area contributed by atoms with Crippen molar-refractivity contribution in [2.75, 3.05) is 18.5 Å². The number of nitrogens with zero attached hydrogens (tertiary/aromatic N) is 1. The van der Waals surface area contributed by atoms with Crippen LogP contribution in [0.15, 0.2) is 30.5 Å². The Morgan fingerprint density at radius 1 is 1.18 bits per heavy atom. The van der Waals surface area contributed by atoms with E-state index in [9.17, 15) is 4.79 Å². The highest BCUT2D eigenvalue weighted by atomic mass is 16.6. The lowest BCUT2D eigenvalue weighted by Crippen LogP contribution is -2.18. The van der Waals surface area contributed by atoms with Crippen LogP contribution in [0.3, 0.4) is 0 Å². The van der Waals surface area contributed by atoms with Gasteiger partial charge in [-0.15, -0.1) is 0 Å². The number of hydrogen-bond donors (Lipinski definition) is 1. The fraction of sp³-hybridized carbons (Fsp3) is 0.294. The summed E-state index contributed by atoms with van der Waals surface area (Å²) in [5.74, 6) is 1.39. The molecule has 0 radical (unpaired) electrons. The van der Waals surface area contributed by atoms with Crippen LogP contribution < -0.4 is 14.8 Å². The number of carbonyl (C=O) groups excluding carboxylic acids is 1. The third-order valence-corrected chi connectivity index (χ3v) is 3.53. The van der Waals surface area contributed by atoms with Crippen molar-refractivity contribution >= 4 is 11.6 Å². The fourth-order valence-electron chi connectivity index (χ4n) is 2.42. The lowest BCUT2D eigenvalue weighted by molar-refractivity contribution is -0.115. The molecule has 1 aliphatic rings. The van der Waals surface area contributed by atoms with E-state index in [0.29, 0.717) is 25.4 Å². The van der Waals surface area contributed by atoms with Crippen LogP contribution in [0, 0.1) is 13.8 Å². The molecule has 5 nitrogen and oxygen atoms in total. The number of hydrogen-bond acceptors (Lipinski definition) is 4. The summed E-state index contributed by atoms with van der Waals surface area (Å²) in [6, 6.07) is 7.44. The zero-order chi connectivity index (χ0) is 15.5. The predicted octanol–water partition coefficient (Wildman–Crippen LogP) is 2.65. The molecule has 1 amide bonds. The lowest BCUT2D eigenvalue weighted by atomic mass is 10.0. The maximum absolute atomic E-state index is 12.2. The first-order chi connectivity index (χ1) is 10.6. The molecular formula is C17H18N2O3. The Bertz CT molecular complexity index is 713. The lowest BCUT2D eigenvalue weighted by Gasteiger charge is -2.20. The molecule has 1 aromatic heterocycles. The van der Waals surface area contributed by atoms with Crippen molar-refractivity contribution < 1.29 is 14.3 Å². The molecular weight excluding hydrogens is 280 g/mol. The van der Waals surface area contributed by atoms with Gasteiger partial charge in [0.25, 0.3) is 0 Å². The van der Waals surface area contributed by atoms with Crippen molar-refractivity contribution in [3.63, 3.8) is 0 Å². The highest BCUT2D eigenvalue weighted by molar-refractivity contribution is 5.92. The molecule has 0 atom stereocenters. The fourth-order valence-corrected chi connectivity index (χ4v) is 2.42. The van der Waals surface area contributed by atoms with Crippen LogP contribution >= 0.6 is 0 Å². The molecule has 0 aliphatic carbocycles. The monoisotopic (exact) mass is 298 g/mol. The van der Waals surface area contributed by atoms with E-state index in [-0.39, 0.29) is 5.91 Å². The van der Waals surface area contributed by atoms with Gasteiger partial charge in [0.15, 0.2) is 11.5 Å². The molecule has 0 saturated carbocycles. The number of aryl methyl sites for hydroxylation is 2. The Morgan fingerprint density at radius 2 is 1.91 bits per heavy atom. The average Bonchev–Trinajstić information content (AvgIpc) is 2.48. The van der Waals surface area contributed by atoms with E-state index in [0.717, 1.165) is 28.3 Å². The molecule has 22 heavy (non-hydrogen) atoms. The van der Waals surface area contributed by atoms with E-state index in [1.807, 2.05) is 32.0 Å². The van der Waals surface area contributed by atoms with Gasteiger partial charge < -0.3 is 14.8 Å². The molecule has 0 saturated heterocycles. The molecule has 0 bridgehead atoms. The summed E-state index contributed by atoms with van der Waals surface area (Å²) >= 11 is 0. The molecule has 2 aromatic rings. The summed E-state index contributed by atoms with van der Waals surface area (Å²) in [5.41, 5.74) is 3.58. The standard InChI is InChI=1S/C17H18N2O3/c1-11-7-15-16(22-6-5-21-15)9-13(11)10-17(20)19-14-3-4-18-12(2)8-14/h3-4,7-9H,5-6,10H2,1-2H3,(H,18,19,20). The van der Waals surface area contributed by atoms with Crippen molar-refractivity contribution in [2.45, 2.75) is 20.3 Å². The van der Waals surface area contributed by atoms with Gasteiger partial charge in [-0.2, -0.15) is 0 Å². The summed E-state index contributed by atoms with van der Waals surface area (Å²) in [5, 5.41) is 2.89. The second kappa shape index (κ2) is 6.05. The van der Waals surface area contributed by atoms with Gasteiger partial charge in [-0.25, -0.2) is 0 Å². The summed E-state index contributed by atoms with van der Waals surface area (Å²) < 4.78 is 11.1. The summed E-state index contributed by atoms with van der Waals surface area (Å²) in [6.45, 7) is 4.96. The largest absolute Gasteiger partial charge is 0.486 e. The molecule has 2 heterocycles. The van der Waals surface area contributed by atoms with Crippen molar-refractivity contribution in [2.24, 2.45) is 0 Å². The minimum absolute atomic E-state index is 0.0645. The quantitative estimate of drug-likeness (QED) is 0.946. The second-order valence-corrected chi connectivity index (χ2v) is 5.33. The molecule has 1 aliphatic heterocycles. The number of amides is 1. The summed E-state index contributed by atoms with van der Waals surface area (Å²) in [4.78, 5) is 16.3. The number of pyridine rings is 1. The van der Waals surface area contributed by atoms with E-state index < -0.39 is 0 Å². The van der Waals surface area contributed by atoms with Gasteiger partial charge in [-0.3, -0.25) is 9.78 Å². The number of anilines is 1. The van der Waals surface area contributed by atoms with Gasteiger partial charge in [0.05, 0.1) is 6.42 Å². The normalized spacial score (nSPS) is 12.8. The zero-order valence-electron chi connectivity index (χ0n) is 12.7. The summed E-state index contributed by atoms with van der Waals surface area (Å²) in [6.07, 6.45) is 1.98. The zero-order valence-corrected chi connectivity index (χ0v) is 12.7. The molecule has 1 aromatic carbocycles. The number of rotatable bonds is 3. The third-order valence-electron chi connectivity index (χ3n) is 3.53. The highest BCUT2D eigenvalue weighted by Gasteiger charge is 2.15. The minimum atomic E-state index is -0.0645. The Morgan fingerprint density at radius 3 is 2.64 bits per heavy atom. The Labute approximate surface area is 129 Å². The maximum atomic E-state index is 12.2. The van der Waals surface area contributed by atoms with E-state index >= 15 is 0 Å². The van der Waals surface area contributed by atoms with Crippen LogP contribution in [0.25, 0.3) is 0 Å². The van der Waals surface area contributed by atoms with Crippen LogP contribution in [0.2, 0.25) is 0 Å². The topological polar surface area (TPSA) is 60.5 Å². The van der Waals surface area contributed by atoms with E-state index in [1.54, 1.807) is 12.3 Å². The molecule has 1 N–H and O–H groups in total. The van der Waals surface area contributed by atoms with Gasteiger partial charge in [0.2, 0.25) is 5.91 Å². The molecule has 0 spiro atoms. The van der Waals surface area contributed by atoms with Gasteiger partial charge in [-0.05, 0) is 49.2 Å². The first-order valence-electron chi connectivity index (χ1n) is 7.23. The van der Waals surface area contributed by atoms with E-state index in [1.165, 1.54) is 0 Å². The third kappa shape index (κ3) is 3.19. The minimum Gasteiger partial charge on any atom is -0.486 e. The number of benzene rings is 1. The SMILES string of the molecule is Cc1cc(NC(=O)Cc2cc3c(cc2C)OCCO3)ccn1. The second-order valence-electron chi connectivity index (χ2n) is 5.33. The maximum Gasteiger partial charge on any atom is 0.228 e. The predicted molar refractivity (Wildman–Crippen MR) is 83.5 cm³/mol. The highest BCUT2D eigenvalue weighted by Crippen LogP contribution is 2.33. The van der Waals surface area contributed by atoms with Gasteiger partial charge in [-0.1, -0.05) is 0 Å².